The molecule has 5 heteroatoms. The molecule has 4 nitrogen and oxygen atoms in total. The van der Waals surface area contributed by atoms with Crippen molar-refractivity contribution in [3.05, 3.63) is 11.8 Å². The summed E-state index contributed by atoms with van der Waals surface area (Å²) in [6.45, 7) is 4.94. The van der Waals surface area contributed by atoms with Gasteiger partial charge in [0.1, 0.15) is 0 Å². The summed E-state index contributed by atoms with van der Waals surface area (Å²) >= 11 is 1.81. The second-order valence-electron chi connectivity index (χ2n) is 3.30. The third-order valence-electron chi connectivity index (χ3n) is 1.99. The highest BCUT2D eigenvalue weighted by Crippen LogP contribution is 2.12. The Kier molecular flexibility index (Phi) is 4.68. The van der Waals surface area contributed by atoms with Gasteiger partial charge >= 0.3 is 0 Å². The number of methoxy groups -OCH3 is 1. The van der Waals surface area contributed by atoms with Gasteiger partial charge in [-0.2, -0.15) is 16.7 Å². The van der Waals surface area contributed by atoms with Crippen molar-refractivity contribution in [2.45, 2.75) is 19.1 Å². The molecule has 1 rings (SSSR count). The molecule has 1 heterocycles. The third-order valence-corrected chi connectivity index (χ3v) is 2.96. The van der Waals surface area contributed by atoms with Gasteiger partial charge in [-0.25, -0.2) is 4.98 Å². The Morgan fingerprint density at radius 2 is 2.27 bits per heavy atom. The van der Waals surface area contributed by atoms with E-state index >= 15 is 0 Å². The minimum atomic E-state index is 0.542. The van der Waals surface area contributed by atoms with Crippen molar-refractivity contribution in [2.75, 3.05) is 25.2 Å². The average molecular weight is 227 g/mol. The Bertz CT molecular complexity index is 320. The molecule has 0 aliphatic rings. The van der Waals surface area contributed by atoms with Crippen LogP contribution >= 0.6 is 11.8 Å². The van der Waals surface area contributed by atoms with Crippen LogP contribution in [0.5, 0.6) is 5.88 Å². The molecule has 0 aliphatic carbocycles. The number of ether oxygens (including phenoxy) is 1. The van der Waals surface area contributed by atoms with Gasteiger partial charge in [0.25, 0.3) is 0 Å². The number of nitrogens with one attached hydrogen (secondary N) is 1. The number of anilines is 1. The monoisotopic (exact) mass is 227 g/mol. The van der Waals surface area contributed by atoms with E-state index in [0.717, 1.165) is 12.2 Å². The quantitative estimate of drug-likeness (QED) is 0.833. The zero-order valence-corrected chi connectivity index (χ0v) is 10.4. The van der Waals surface area contributed by atoms with Crippen LogP contribution in [0.2, 0.25) is 0 Å². The van der Waals surface area contributed by atoms with Crippen LogP contribution in [-0.2, 0) is 0 Å². The number of hydrogen-bond acceptors (Lipinski definition) is 5. The van der Waals surface area contributed by atoms with Crippen molar-refractivity contribution in [2.24, 2.45) is 0 Å². The van der Waals surface area contributed by atoms with E-state index in [-0.39, 0.29) is 0 Å². The molecule has 1 aromatic heterocycles. The van der Waals surface area contributed by atoms with Crippen molar-refractivity contribution >= 4 is 17.7 Å². The fourth-order valence-corrected chi connectivity index (χ4v) is 1.29. The van der Waals surface area contributed by atoms with E-state index < -0.39 is 0 Å². The van der Waals surface area contributed by atoms with Crippen molar-refractivity contribution in [1.29, 1.82) is 0 Å². The molecule has 1 aromatic rings. The van der Waals surface area contributed by atoms with Gasteiger partial charge in [-0.15, -0.1) is 0 Å². The van der Waals surface area contributed by atoms with Crippen LogP contribution in [0.1, 0.15) is 12.6 Å². The molecule has 0 aliphatic heterocycles. The summed E-state index contributed by atoms with van der Waals surface area (Å²) in [5.41, 5.74) is 0.904. The van der Waals surface area contributed by atoms with E-state index in [4.69, 9.17) is 4.74 Å². The van der Waals surface area contributed by atoms with Gasteiger partial charge in [-0.05, 0) is 13.2 Å². The van der Waals surface area contributed by atoms with E-state index in [1.807, 2.05) is 24.8 Å². The molecule has 0 amide bonds. The number of thioether (sulfide) groups is 1. The van der Waals surface area contributed by atoms with E-state index in [1.54, 1.807) is 7.11 Å². The van der Waals surface area contributed by atoms with Crippen molar-refractivity contribution in [1.82, 2.24) is 9.97 Å². The lowest BCUT2D eigenvalue weighted by atomic mass is 10.4. The summed E-state index contributed by atoms with van der Waals surface area (Å²) in [6, 6.07) is 1.81. The summed E-state index contributed by atoms with van der Waals surface area (Å²) in [5, 5.41) is 3.73. The van der Waals surface area contributed by atoms with Gasteiger partial charge < -0.3 is 10.1 Å². The van der Waals surface area contributed by atoms with Crippen LogP contribution in [0.15, 0.2) is 6.07 Å². The fraction of sp³-hybridized carbons (Fsp3) is 0.600. The largest absolute Gasteiger partial charge is 0.481 e. The molecule has 0 spiro atoms. The number of aromatic nitrogens is 2. The van der Waals surface area contributed by atoms with Crippen molar-refractivity contribution < 1.29 is 4.74 Å². The highest BCUT2D eigenvalue weighted by Gasteiger charge is 2.03. The van der Waals surface area contributed by atoms with Gasteiger partial charge in [0.2, 0.25) is 11.8 Å². The highest BCUT2D eigenvalue weighted by atomic mass is 32.2. The number of nitrogens with zero attached hydrogens (tertiary/aromatic N) is 2. The first-order chi connectivity index (χ1) is 7.15. The first-order valence-corrected chi connectivity index (χ1v) is 6.11. The van der Waals surface area contributed by atoms with Crippen LogP contribution in [0.3, 0.4) is 0 Å². The van der Waals surface area contributed by atoms with Gasteiger partial charge in [0.05, 0.1) is 7.11 Å². The summed E-state index contributed by atoms with van der Waals surface area (Å²) < 4.78 is 5.07. The molecule has 0 saturated carbocycles. The lowest BCUT2D eigenvalue weighted by Gasteiger charge is -2.10. The maximum atomic E-state index is 5.07. The summed E-state index contributed by atoms with van der Waals surface area (Å²) in [4.78, 5) is 8.48. The minimum Gasteiger partial charge on any atom is -0.481 e. The predicted octanol–water partition coefficient (Wildman–Crippen LogP) is 1.96. The molecule has 1 N–H and O–H groups in total. The molecule has 0 bridgehead atoms. The van der Waals surface area contributed by atoms with E-state index in [0.29, 0.717) is 17.1 Å². The summed E-state index contributed by atoms with van der Waals surface area (Å²) in [7, 11) is 1.61. The van der Waals surface area contributed by atoms with Crippen LogP contribution < -0.4 is 10.1 Å². The second kappa shape index (κ2) is 5.80. The third kappa shape index (κ3) is 3.95. The van der Waals surface area contributed by atoms with Gasteiger partial charge in [-0.3, -0.25) is 0 Å². The summed E-state index contributed by atoms with van der Waals surface area (Å²) in [6.07, 6.45) is 2.09. The van der Waals surface area contributed by atoms with Crippen LogP contribution in [-0.4, -0.2) is 35.1 Å². The standard InChI is InChI=1S/C10H17N3OS/c1-7-5-9(14-3)13-10(12-7)11-6-8(2)15-4/h5,8H,6H2,1-4H3,(H,11,12,13). The SMILES string of the molecule is COc1cc(C)nc(NCC(C)SC)n1. The lowest BCUT2D eigenvalue weighted by molar-refractivity contribution is 0.397. The molecule has 0 fully saturated rings. The number of rotatable bonds is 5. The van der Waals surface area contributed by atoms with Crippen LogP contribution in [0.4, 0.5) is 5.95 Å². The molecule has 1 unspecified atom stereocenters. The van der Waals surface area contributed by atoms with Crippen LogP contribution in [0.25, 0.3) is 0 Å². The zero-order chi connectivity index (χ0) is 11.3. The number of aryl methyl sites for hydroxylation is 1. The smallest absolute Gasteiger partial charge is 0.226 e. The topological polar surface area (TPSA) is 47.0 Å². The highest BCUT2D eigenvalue weighted by molar-refractivity contribution is 7.99. The van der Waals surface area contributed by atoms with Gasteiger partial charge in [-0.1, -0.05) is 6.92 Å². The molecule has 1 atom stereocenters. The van der Waals surface area contributed by atoms with Gasteiger partial charge in [0.15, 0.2) is 0 Å². The lowest BCUT2D eigenvalue weighted by Crippen LogP contribution is -2.15. The molecular formula is C10H17N3OS. The Morgan fingerprint density at radius 1 is 1.53 bits per heavy atom. The molecular weight excluding hydrogens is 210 g/mol. The molecule has 15 heavy (non-hydrogen) atoms. The maximum Gasteiger partial charge on any atom is 0.226 e. The molecule has 84 valence electrons. The van der Waals surface area contributed by atoms with Crippen LogP contribution in [0, 0.1) is 6.92 Å². The van der Waals surface area contributed by atoms with Gasteiger partial charge in [0, 0.05) is 23.6 Å². The maximum absolute atomic E-state index is 5.07. The molecule has 0 saturated heterocycles. The summed E-state index contributed by atoms with van der Waals surface area (Å²) in [5.74, 6) is 1.23. The number of hydrogen-bond donors (Lipinski definition) is 1. The van der Waals surface area contributed by atoms with E-state index in [1.165, 1.54) is 0 Å². The Hall–Kier alpha value is -0.970. The van der Waals surface area contributed by atoms with E-state index in [2.05, 4.69) is 28.5 Å². The second-order valence-corrected chi connectivity index (χ2v) is 4.58. The average Bonchev–Trinajstić information content (AvgIpc) is 2.25. The van der Waals surface area contributed by atoms with Crippen molar-refractivity contribution in [3.63, 3.8) is 0 Å². The first kappa shape index (κ1) is 12.1. The first-order valence-electron chi connectivity index (χ1n) is 4.82. The zero-order valence-electron chi connectivity index (χ0n) is 9.57. The van der Waals surface area contributed by atoms with Crippen molar-refractivity contribution in [3.8, 4) is 5.88 Å². The Labute approximate surface area is 94.8 Å². The Balaban J connectivity index is 2.64. The minimum absolute atomic E-state index is 0.542. The van der Waals surface area contributed by atoms with E-state index in [9.17, 15) is 0 Å². The predicted molar refractivity (Wildman–Crippen MR) is 64.8 cm³/mol. The molecule has 0 radical (unpaired) electrons. The fourth-order valence-electron chi connectivity index (χ4n) is 1.04. The molecule has 0 aromatic carbocycles. The normalized spacial score (nSPS) is 12.3. The Morgan fingerprint density at radius 3 is 2.87 bits per heavy atom.